The summed E-state index contributed by atoms with van der Waals surface area (Å²) in [6, 6.07) is 16.4. The Morgan fingerprint density at radius 3 is 2.81 bits per heavy atom. The Balaban J connectivity index is 1.82. The monoisotopic (exact) mass is 297 g/mol. The molecule has 110 valence electrons. The van der Waals surface area contributed by atoms with Crippen molar-refractivity contribution in [1.82, 2.24) is 5.32 Å². The molecule has 1 aliphatic rings. The normalized spacial score (nSPS) is 19.1. The van der Waals surface area contributed by atoms with Crippen molar-refractivity contribution in [3.8, 4) is 0 Å². The van der Waals surface area contributed by atoms with Gasteiger partial charge in [-0.25, -0.2) is 0 Å². The van der Waals surface area contributed by atoms with Gasteiger partial charge in [0.05, 0.1) is 0 Å². The lowest BCUT2D eigenvalue weighted by atomic mass is 9.97. The van der Waals surface area contributed by atoms with E-state index >= 15 is 0 Å². The molecule has 0 aliphatic carbocycles. The van der Waals surface area contributed by atoms with Crippen LogP contribution in [0.1, 0.15) is 46.8 Å². The van der Waals surface area contributed by atoms with Crippen LogP contribution in [0.4, 0.5) is 0 Å². The number of fused-ring (bicyclic) bond motifs is 1. The number of nitrogens with one attached hydrogen (secondary N) is 1. The van der Waals surface area contributed by atoms with Crippen LogP contribution in [-0.2, 0) is 5.75 Å². The minimum Gasteiger partial charge on any atom is -0.303 e. The average Bonchev–Trinajstić information content (AvgIpc) is 2.50. The third-order valence-corrected chi connectivity index (χ3v) is 5.41. The van der Waals surface area contributed by atoms with Crippen LogP contribution in [0.2, 0.25) is 0 Å². The van der Waals surface area contributed by atoms with E-state index in [0.29, 0.717) is 12.1 Å². The molecule has 3 rings (SSSR count). The van der Waals surface area contributed by atoms with Gasteiger partial charge in [0.1, 0.15) is 0 Å². The molecule has 0 aromatic heterocycles. The minimum absolute atomic E-state index is 0.377. The Kier molecular flexibility index (Phi) is 4.37. The Labute approximate surface area is 132 Å². The molecule has 0 amide bonds. The Morgan fingerprint density at radius 1 is 1.14 bits per heavy atom. The quantitative estimate of drug-likeness (QED) is 0.861. The predicted octanol–water partition coefficient (Wildman–Crippen LogP) is 4.94. The maximum atomic E-state index is 3.84. The molecule has 0 radical (unpaired) electrons. The highest BCUT2D eigenvalue weighted by atomic mass is 32.2. The second-order valence-electron chi connectivity index (χ2n) is 6.01. The molecule has 2 aromatic carbocycles. The summed E-state index contributed by atoms with van der Waals surface area (Å²) in [5, 5.41) is 3.84. The molecule has 0 saturated carbocycles. The summed E-state index contributed by atoms with van der Waals surface area (Å²) >= 11 is 2.03. The number of hydrogen-bond donors (Lipinski definition) is 1. The lowest BCUT2D eigenvalue weighted by Crippen LogP contribution is -2.29. The lowest BCUT2D eigenvalue weighted by molar-refractivity contribution is 0.494. The van der Waals surface area contributed by atoms with Crippen LogP contribution in [0.25, 0.3) is 0 Å². The van der Waals surface area contributed by atoms with Gasteiger partial charge in [-0.1, -0.05) is 48.0 Å². The first kappa shape index (κ1) is 14.7. The van der Waals surface area contributed by atoms with Crippen LogP contribution in [0.3, 0.4) is 0 Å². The van der Waals surface area contributed by atoms with Crippen LogP contribution in [0, 0.1) is 13.8 Å². The fraction of sp³-hybridized carbons (Fsp3) is 0.368. The average molecular weight is 297 g/mol. The second kappa shape index (κ2) is 6.25. The largest absolute Gasteiger partial charge is 0.303 e. The molecular formula is C19H23NS. The Morgan fingerprint density at radius 2 is 1.95 bits per heavy atom. The van der Waals surface area contributed by atoms with E-state index in [1.165, 1.54) is 27.8 Å². The molecule has 0 saturated heterocycles. The maximum Gasteiger partial charge on any atom is 0.0419 e. The molecule has 2 aromatic rings. The number of benzene rings is 2. The van der Waals surface area contributed by atoms with Gasteiger partial charge >= 0.3 is 0 Å². The highest BCUT2D eigenvalue weighted by molar-refractivity contribution is 7.98. The summed E-state index contributed by atoms with van der Waals surface area (Å²) < 4.78 is 0. The van der Waals surface area contributed by atoms with Gasteiger partial charge in [-0.05, 0) is 43.0 Å². The van der Waals surface area contributed by atoms with Crippen LogP contribution in [-0.4, -0.2) is 5.75 Å². The van der Waals surface area contributed by atoms with E-state index in [4.69, 9.17) is 0 Å². The number of hydrogen-bond acceptors (Lipinski definition) is 2. The van der Waals surface area contributed by atoms with Gasteiger partial charge in [-0.3, -0.25) is 0 Å². The van der Waals surface area contributed by atoms with E-state index in [9.17, 15) is 0 Å². The first-order valence-corrected chi connectivity index (χ1v) is 8.79. The van der Waals surface area contributed by atoms with Gasteiger partial charge in [-0.15, -0.1) is 0 Å². The number of rotatable bonds is 3. The Bertz CT molecular complexity index is 635. The minimum atomic E-state index is 0.377. The van der Waals surface area contributed by atoms with Crippen molar-refractivity contribution in [3.05, 3.63) is 70.3 Å². The molecule has 0 bridgehead atoms. The highest BCUT2D eigenvalue weighted by Crippen LogP contribution is 2.33. The zero-order chi connectivity index (χ0) is 14.8. The lowest BCUT2D eigenvalue weighted by Gasteiger charge is -2.29. The van der Waals surface area contributed by atoms with Crippen molar-refractivity contribution in [1.29, 1.82) is 0 Å². The van der Waals surface area contributed by atoms with E-state index in [0.717, 1.165) is 11.5 Å². The predicted molar refractivity (Wildman–Crippen MR) is 92.8 cm³/mol. The van der Waals surface area contributed by atoms with Crippen molar-refractivity contribution in [2.24, 2.45) is 0 Å². The van der Waals surface area contributed by atoms with Gasteiger partial charge in [-0.2, -0.15) is 11.8 Å². The molecular weight excluding hydrogens is 274 g/mol. The van der Waals surface area contributed by atoms with Gasteiger partial charge in [0, 0.05) is 23.6 Å². The summed E-state index contributed by atoms with van der Waals surface area (Å²) in [6.07, 6.45) is 0. The summed E-state index contributed by atoms with van der Waals surface area (Å²) in [4.78, 5) is 0. The van der Waals surface area contributed by atoms with E-state index in [-0.39, 0.29) is 0 Å². The van der Waals surface area contributed by atoms with Crippen LogP contribution in [0.5, 0.6) is 0 Å². The van der Waals surface area contributed by atoms with Crippen molar-refractivity contribution >= 4 is 11.8 Å². The molecule has 2 atom stereocenters. The van der Waals surface area contributed by atoms with E-state index in [2.05, 4.69) is 68.6 Å². The smallest absolute Gasteiger partial charge is 0.0419 e. The molecule has 21 heavy (non-hydrogen) atoms. The molecule has 1 nitrogen and oxygen atoms in total. The van der Waals surface area contributed by atoms with Crippen molar-refractivity contribution < 1.29 is 0 Å². The summed E-state index contributed by atoms with van der Waals surface area (Å²) in [5.41, 5.74) is 7.09. The zero-order valence-corrected chi connectivity index (χ0v) is 13.8. The van der Waals surface area contributed by atoms with E-state index in [1.807, 2.05) is 11.8 Å². The molecule has 0 fully saturated rings. The van der Waals surface area contributed by atoms with Gasteiger partial charge in [0.15, 0.2) is 0 Å². The van der Waals surface area contributed by atoms with Gasteiger partial charge in [0.25, 0.3) is 0 Å². The third-order valence-electron chi connectivity index (χ3n) is 4.33. The summed E-state index contributed by atoms with van der Waals surface area (Å²) in [7, 11) is 0. The summed E-state index contributed by atoms with van der Waals surface area (Å²) in [6.45, 7) is 6.65. The van der Waals surface area contributed by atoms with Crippen LogP contribution in [0.15, 0.2) is 42.5 Å². The fourth-order valence-electron chi connectivity index (χ4n) is 3.14. The molecule has 1 heterocycles. The third kappa shape index (κ3) is 3.17. The SMILES string of the molecule is Cc1ccc(C)c(C(C)NC2CSCc3ccccc32)c1. The maximum absolute atomic E-state index is 3.84. The van der Waals surface area contributed by atoms with Crippen molar-refractivity contribution in [3.63, 3.8) is 0 Å². The van der Waals surface area contributed by atoms with E-state index < -0.39 is 0 Å². The fourth-order valence-corrected chi connectivity index (χ4v) is 4.25. The topological polar surface area (TPSA) is 12.0 Å². The van der Waals surface area contributed by atoms with E-state index in [1.54, 1.807) is 0 Å². The first-order chi connectivity index (χ1) is 10.1. The van der Waals surface area contributed by atoms with Crippen molar-refractivity contribution in [2.45, 2.75) is 38.6 Å². The van der Waals surface area contributed by atoms with Crippen LogP contribution < -0.4 is 5.32 Å². The van der Waals surface area contributed by atoms with Crippen molar-refractivity contribution in [2.75, 3.05) is 5.75 Å². The van der Waals surface area contributed by atoms with Gasteiger partial charge in [0.2, 0.25) is 0 Å². The first-order valence-electron chi connectivity index (χ1n) is 7.64. The second-order valence-corrected chi connectivity index (χ2v) is 7.05. The molecule has 2 unspecified atom stereocenters. The zero-order valence-electron chi connectivity index (χ0n) is 13.0. The molecule has 1 aliphatic heterocycles. The standard InChI is InChI=1S/C19H23NS/c1-13-8-9-14(2)18(10-13)15(3)20-19-12-21-11-16-6-4-5-7-17(16)19/h4-10,15,19-20H,11-12H2,1-3H3. The summed E-state index contributed by atoms with van der Waals surface area (Å²) in [5.74, 6) is 2.30. The highest BCUT2D eigenvalue weighted by Gasteiger charge is 2.22. The Hall–Kier alpha value is -1.25. The number of thioether (sulfide) groups is 1. The molecule has 0 spiro atoms. The van der Waals surface area contributed by atoms with Gasteiger partial charge < -0.3 is 5.32 Å². The molecule has 2 heteroatoms. The molecule has 1 N–H and O–H groups in total. The number of aryl methyl sites for hydroxylation is 2. The van der Waals surface area contributed by atoms with Crippen LogP contribution >= 0.6 is 11.8 Å².